The highest BCUT2D eigenvalue weighted by Crippen LogP contribution is 2.30. The fourth-order valence-electron chi connectivity index (χ4n) is 3.59. The monoisotopic (exact) mass is 413 g/mol. The van der Waals surface area contributed by atoms with Crippen LogP contribution in [0.15, 0.2) is 54.1 Å². The summed E-state index contributed by atoms with van der Waals surface area (Å²) >= 11 is 0. The molecule has 1 aromatic carbocycles. The summed E-state index contributed by atoms with van der Waals surface area (Å²) < 4.78 is 11.1. The molecular formula is C25H35NO4. The number of allylic oxidation sites excluding steroid dienone is 2. The molecule has 0 aromatic heterocycles. The van der Waals surface area contributed by atoms with E-state index in [1.807, 2.05) is 44.2 Å². The van der Waals surface area contributed by atoms with E-state index >= 15 is 0 Å². The van der Waals surface area contributed by atoms with Crippen molar-refractivity contribution in [1.82, 2.24) is 4.90 Å². The fourth-order valence-corrected chi connectivity index (χ4v) is 3.59. The van der Waals surface area contributed by atoms with E-state index in [0.717, 1.165) is 12.0 Å². The first kappa shape index (κ1) is 23.9. The van der Waals surface area contributed by atoms with Crippen LogP contribution in [-0.2, 0) is 20.7 Å². The van der Waals surface area contributed by atoms with Crippen molar-refractivity contribution in [3.8, 4) is 0 Å². The Hall–Kier alpha value is -2.40. The average Bonchev–Trinajstić information content (AvgIpc) is 2.67. The van der Waals surface area contributed by atoms with Crippen molar-refractivity contribution < 1.29 is 19.1 Å². The van der Waals surface area contributed by atoms with Gasteiger partial charge in [0.25, 0.3) is 0 Å². The Morgan fingerprint density at radius 1 is 1.23 bits per heavy atom. The normalized spacial score (nSPS) is 22.0. The molecule has 2 rings (SSSR count). The van der Waals surface area contributed by atoms with E-state index < -0.39 is 11.7 Å². The van der Waals surface area contributed by atoms with E-state index in [-0.39, 0.29) is 29.9 Å². The van der Waals surface area contributed by atoms with Gasteiger partial charge in [0.1, 0.15) is 5.60 Å². The van der Waals surface area contributed by atoms with Gasteiger partial charge in [-0.25, -0.2) is 9.69 Å². The van der Waals surface area contributed by atoms with Crippen LogP contribution >= 0.6 is 0 Å². The number of likely N-dealkylation sites (tertiary alicyclic amines) is 1. The molecule has 30 heavy (non-hydrogen) atoms. The predicted molar refractivity (Wildman–Crippen MR) is 119 cm³/mol. The van der Waals surface area contributed by atoms with Crippen molar-refractivity contribution in [3.63, 3.8) is 0 Å². The van der Waals surface area contributed by atoms with Crippen LogP contribution in [0.3, 0.4) is 0 Å². The lowest BCUT2D eigenvalue weighted by Gasteiger charge is -2.42. The van der Waals surface area contributed by atoms with Crippen LogP contribution in [0.1, 0.15) is 47.1 Å². The van der Waals surface area contributed by atoms with E-state index in [0.29, 0.717) is 0 Å². The van der Waals surface area contributed by atoms with E-state index in [4.69, 9.17) is 9.47 Å². The van der Waals surface area contributed by atoms with E-state index in [1.54, 1.807) is 27.9 Å². The quantitative estimate of drug-likeness (QED) is 0.457. The summed E-state index contributed by atoms with van der Waals surface area (Å²) in [5, 5.41) is 0. The van der Waals surface area contributed by atoms with Crippen LogP contribution in [0, 0.1) is 11.8 Å². The summed E-state index contributed by atoms with van der Waals surface area (Å²) in [6.07, 6.45) is 6.36. The van der Waals surface area contributed by atoms with Gasteiger partial charge >= 0.3 is 6.09 Å². The number of carbonyl (C=O) groups is 2. The number of methoxy groups -OCH3 is 1. The second-order valence-corrected chi connectivity index (χ2v) is 9.06. The molecule has 0 unspecified atom stereocenters. The largest absolute Gasteiger partial charge is 0.443 e. The number of hydrogen-bond donors (Lipinski definition) is 0. The van der Waals surface area contributed by atoms with Gasteiger partial charge in [0.15, 0.2) is 0 Å². The topological polar surface area (TPSA) is 55.8 Å². The number of carbonyl (C=O) groups excluding carboxylic acids is 2. The lowest BCUT2D eigenvalue weighted by molar-refractivity contribution is -0.149. The number of β-lactam (4-membered cyclic amide) rings is 1. The van der Waals surface area contributed by atoms with Crippen LogP contribution in [0.2, 0.25) is 0 Å². The Morgan fingerprint density at radius 3 is 2.43 bits per heavy atom. The summed E-state index contributed by atoms with van der Waals surface area (Å²) in [5.41, 5.74) is 1.67. The zero-order chi connectivity index (χ0) is 22.5. The Labute approximate surface area is 180 Å². The maximum atomic E-state index is 12.3. The maximum Gasteiger partial charge on any atom is 0.417 e. The molecule has 1 aromatic rings. The van der Waals surface area contributed by atoms with Crippen LogP contribution in [0.25, 0.3) is 0 Å². The van der Waals surface area contributed by atoms with Gasteiger partial charge < -0.3 is 9.47 Å². The molecule has 164 valence electrons. The first-order valence-electron chi connectivity index (χ1n) is 10.5. The number of imide groups is 1. The standard InChI is InChI=1S/C25H35NO4/c1-17(15-18(2)22(29-7)16-20-11-9-8-10-12-20)13-14-21-19(3)23(27)26(21)24(28)30-25(4,5)6/h8-15,18-19,21-22H,16H2,1-7H3/b14-13+,17-15+/t18-,19-,21-,22-/m1/s1. The second-order valence-electron chi connectivity index (χ2n) is 9.06. The molecule has 0 aliphatic carbocycles. The van der Waals surface area contributed by atoms with Gasteiger partial charge in [-0.15, -0.1) is 0 Å². The molecule has 1 aliphatic heterocycles. The molecule has 0 radical (unpaired) electrons. The molecule has 1 heterocycles. The first-order chi connectivity index (χ1) is 14.0. The lowest BCUT2D eigenvalue weighted by Crippen LogP contribution is -2.62. The van der Waals surface area contributed by atoms with Crippen molar-refractivity contribution in [2.24, 2.45) is 11.8 Å². The fraction of sp³-hybridized carbons (Fsp3) is 0.520. The molecule has 1 fully saturated rings. The van der Waals surface area contributed by atoms with Crippen molar-refractivity contribution in [2.45, 2.75) is 65.7 Å². The summed E-state index contributed by atoms with van der Waals surface area (Å²) in [5.74, 6) is -0.220. The summed E-state index contributed by atoms with van der Waals surface area (Å²) in [6, 6.07) is 10.0. The van der Waals surface area contributed by atoms with Crippen molar-refractivity contribution in [3.05, 3.63) is 59.7 Å². The van der Waals surface area contributed by atoms with Gasteiger partial charge in [-0.2, -0.15) is 0 Å². The molecule has 1 saturated heterocycles. The first-order valence-corrected chi connectivity index (χ1v) is 10.5. The van der Waals surface area contributed by atoms with Crippen LogP contribution < -0.4 is 0 Å². The average molecular weight is 414 g/mol. The van der Waals surface area contributed by atoms with Gasteiger partial charge in [-0.05, 0) is 39.7 Å². The molecule has 0 N–H and O–H groups in total. The molecule has 5 heteroatoms. The molecule has 0 bridgehead atoms. The zero-order valence-corrected chi connectivity index (χ0v) is 19.2. The highest BCUT2D eigenvalue weighted by molar-refractivity contribution is 5.99. The summed E-state index contributed by atoms with van der Waals surface area (Å²) in [6.45, 7) is 11.4. The third kappa shape index (κ3) is 6.30. The highest BCUT2D eigenvalue weighted by Gasteiger charge is 2.48. The van der Waals surface area contributed by atoms with Gasteiger partial charge in [0.2, 0.25) is 5.91 Å². The van der Waals surface area contributed by atoms with Crippen molar-refractivity contribution >= 4 is 12.0 Å². The zero-order valence-electron chi connectivity index (χ0n) is 19.2. The summed E-state index contributed by atoms with van der Waals surface area (Å²) in [4.78, 5) is 25.7. The highest BCUT2D eigenvalue weighted by atomic mass is 16.6. The number of nitrogens with zero attached hydrogens (tertiary/aromatic N) is 1. The minimum atomic E-state index is -0.635. The van der Waals surface area contributed by atoms with Gasteiger partial charge in [-0.3, -0.25) is 4.79 Å². The lowest BCUT2D eigenvalue weighted by atomic mass is 9.88. The number of ether oxygens (including phenoxy) is 2. The number of hydrogen-bond acceptors (Lipinski definition) is 4. The Morgan fingerprint density at radius 2 is 1.87 bits per heavy atom. The van der Waals surface area contributed by atoms with Gasteiger partial charge in [-0.1, -0.05) is 68.0 Å². The van der Waals surface area contributed by atoms with Gasteiger partial charge in [0.05, 0.1) is 18.1 Å². The Balaban J connectivity index is 2.03. The van der Waals surface area contributed by atoms with E-state index in [2.05, 4.69) is 25.1 Å². The van der Waals surface area contributed by atoms with Gasteiger partial charge in [0, 0.05) is 13.0 Å². The van der Waals surface area contributed by atoms with Crippen molar-refractivity contribution in [1.29, 1.82) is 0 Å². The minimum Gasteiger partial charge on any atom is -0.443 e. The molecule has 5 nitrogen and oxygen atoms in total. The van der Waals surface area contributed by atoms with Crippen LogP contribution in [-0.4, -0.2) is 41.8 Å². The van der Waals surface area contributed by atoms with E-state index in [9.17, 15) is 9.59 Å². The number of amides is 2. The smallest absolute Gasteiger partial charge is 0.417 e. The third-order valence-corrected chi connectivity index (χ3v) is 5.28. The molecule has 2 amide bonds. The SMILES string of the molecule is CO[C@H](Cc1ccccc1)[C@H](C)/C=C(C)/C=C/[C@@H]1[C@@H](C)C(=O)N1C(=O)OC(C)(C)C. The predicted octanol–water partition coefficient (Wildman–Crippen LogP) is 5.16. The van der Waals surface area contributed by atoms with Crippen LogP contribution in [0.4, 0.5) is 4.79 Å². The molecular weight excluding hydrogens is 378 g/mol. The molecule has 1 aliphatic rings. The third-order valence-electron chi connectivity index (χ3n) is 5.28. The molecule has 4 atom stereocenters. The summed E-state index contributed by atoms with van der Waals surface area (Å²) in [7, 11) is 1.74. The van der Waals surface area contributed by atoms with E-state index in [1.165, 1.54) is 10.5 Å². The number of benzene rings is 1. The maximum absolute atomic E-state index is 12.3. The van der Waals surface area contributed by atoms with Crippen molar-refractivity contribution in [2.75, 3.05) is 7.11 Å². The molecule has 0 saturated carbocycles. The van der Waals surface area contributed by atoms with Crippen LogP contribution in [0.5, 0.6) is 0 Å². The minimum absolute atomic E-state index is 0.0678. The number of rotatable bonds is 7. The molecule has 0 spiro atoms. The second kappa shape index (κ2) is 10.1. The Kier molecular flexibility index (Phi) is 8.02. The Bertz CT molecular complexity index is 791.